The zero-order valence-electron chi connectivity index (χ0n) is 23.9. The fourth-order valence-corrected chi connectivity index (χ4v) is 6.89. The molecule has 2 heterocycles. The summed E-state index contributed by atoms with van der Waals surface area (Å²) in [5, 5.41) is 11.9. The molecule has 7 nitrogen and oxygen atoms in total. The molecule has 0 unspecified atom stereocenters. The Kier molecular flexibility index (Phi) is 6.67. The van der Waals surface area contributed by atoms with Crippen molar-refractivity contribution in [2.24, 2.45) is 13.0 Å². The maximum Gasteiger partial charge on any atom is 0.416 e. The molecule has 2 aliphatic carbocycles. The second-order valence-electron chi connectivity index (χ2n) is 12.3. The number of hydrogen-bond donors (Lipinski definition) is 1. The van der Waals surface area contributed by atoms with Crippen molar-refractivity contribution in [3.8, 4) is 5.75 Å². The summed E-state index contributed by atoms with van der Waals surface area (Å²) in [4.78, 5) is 15.3. The summed E-state index contributed by atoms with van der Waals surface area (Å²) in [6.07, 6.45) is 1.87. The molecule has 2 aromatic carbocycles. The number of fused-ring (bicyclic) bond motifs is 1. The number of amides is 1. The molecule has 1 N–H and O–H groups in total. The van der Waals surface area contributed by atoms with Crippen LogP contribution < -0.4 is 15.0 Å². The van der Waals surface area contributed by atoms with Crippen molar-refractivity contribution in [2.45, 2.75) is 83.1 Å². The van der Waals surface area contributed by atoms with E-state index in [0.29, 0.717) is 29.5 Å². The van der Waals surface area contributed by atoms with Crippen molar-refractivity contribution in [1.29, 1.82) is 0 Å². The molecule has 2 saturated carbocycles. The fourth-order valence-electron chi connectivity index (χ4n) is 6.89. The van der Waals surface area contributed by atoms with Crippen molar-refractivity contribution in [3.05, 3.63) is 70.3 Å². The third kappa shape index (κ3) is 4.79. The molecule has 3 aliphatic rings. The van der Waals surface area contributed by atoms with Crippen molar-refractivity contribution in [2.75, 3.05) is 11.5 Å². The van der Waals surface area contributed by atoms with Crippen LogP contribution >= 0.6 is 0 Å². The molecule has 10 heteroatoms. The van der Waals surface area contributed by atoms with Crippen LogP contribution in [0.25, 0.3) is 0 Å². The Morgan fingerprint density at radius 3 is 2.49 bits per heavy atom. The number of aromatic nitrogens is 3. The molecular formula is C31H36F3N5O2. The molecule has 41 heavy (non-hydrogen) atoms. The highest BCUT2D eigenvalue weighted by Gasteiger charge is 2.49. The van der Waals surface area contributed by atoms with E-state index in [9.17, 15) is 18.0 Å². The van der Waals surface area contributed by atoms with Crippen LogP contribution in [-0.4, -0.2) is 32.8 Å². The summed E-state index contributed by atoms with van der Waals surface area (Å²) >= 11 is 0. The first-order valence-electron chi connectivity index (χ1n) is 14.4. The number of halogens is 3. The standard InChI is InChI=1S/C31H36F3N5O2/c1-5-41-23-12-21(30(14-19(2)15-30)28-37-36-18-38(28)4)11-22(13-23)39-17-25-24(27(39)40)9-20(10-26(25)31(32,33)34)16-35-29(3)7-6-8-29/h9-13,18-19,35H,5-8,14-17H2,1-4H3. The number of aryl methyl sites for hydroxylation is 1. The average molecular weight is 568 g/mol. The predicted octanol–water partition coefficient (Wildman–Crippen LogP) is 6.14. The van der Waals surface area contributed by atoms with Gasteiger partial charge >= 0.3 is 6.18 Å². The number of hydrogen-bond acceptors (Lipinski definition) is 5. The topological polar surface area (TPSA) is 72.3 Å². The molecule has 0 spiro atoms. The normalized spacial score (nSPS) is 23.2. The molecule has 0 atom stereocenters. The van der Waals surface area contributed by atoms with Gasteiger partial charge in [0, 0.05) is 36.4 Å². The number of nitrogens with one attached hydrogen (secondary N) is 1. The highest BCUT2D eigenvalue weighted by molar-refractivity contribution is 6.10. The molecule has 3 aromatic rings. The Balaban J connectivity index is 1.40. The largest absolute Gasteiger partial charge is 0.494 e. The van der Waals surface area contributed by atoms with Gasteiger partial charge in [0.15, 0.2) is 0 Å². The number of nitrogens with zero attached hydrogens (tertiary/aromatic N) is 4. The summed E-state index contributed by atoms with van der Waals surface area (Å²) in [6, 6.07) is 8.46. The van der Waals surface area contributed by atoms with E-state index in [1.807, 2.05) is 30.7 Å². The lowest BCUT2D eigenvalue weighted by atomic mass is 9.58. The van der Waals surface area contributed by atoms with Gasteiger partial charge in [-0.1, -0.05) is 6.92 Å². The highest BCUT2D eigenvalue weighted by atomic mass is 19.4. The number of alkyl halides is 3. The minimum Gasteiger partial charge on any atom is -0.494 e. The van der Waals surface area contributed by atoms with Crippen LogP contribution in [0.4, 0.5) is 18.9 Å². The van der Waals surface area contributed by atoms with Gasteiger partial charge < -0.3 is 19.5 Å². The smallest absolute Gasteiger partial charge is 0.416 e. The summed E-state index contributed by atoms with van der Waals surface area (Å²) in [6.45, 7) is 6.68. The monoisotopic (exact) mass is 567 g/mol. The van der Waals surface area contributed by atoms with Gasteiger partial charge in [-0.2, -0.15) is 13.2 Å². The van der Waals surface area contributed by atoms with Crippen molar-refractivity contribution < 1.29 is 22.7 Å². The number of anilines is 1. The molecule has 0 radical (unpaired) electrons. The Morgan fingerprint density at radius 2 is 1.90 bits per heavy atom. The molecule has 6 rings (SSSR count). The van der Waals surface area contributed by atoms with E-state index < -0.39 is 23.1 Å². The lowest BCUT2D eigenvalue weighted by Gasteiger charge is -2.46. The van der Waals surface area contributed by atoms with E-state index >= 15 is 0 Å². The quantitative estimate of drug-likeness (QED) is 0.354. The van der Waals surface area contributed by atoms with Gasteiger partial charge in [-0.05, 0) is 92.8 Å². The van der Waals surface area contributed by atoms with Crippen LogP contribution in [0.5, 0.6) is 5.75 Å². The molecule has 2 fully saturated rings. The number of rotatable bonds is 8. The molecular weight excluding hydrogens is 531 g/mol. The number of carbonyl (C=O) groups is 1. The van der Waals surface area contributed by atoms with Gasteiger partial charge in [0.05, 0.1) is 24.1 Å². The molecule has 1 amide bonds. The van der Waals surface area contributed by atoms with E-state index in [1.165, 1.54) is 11.0 Å². The molecule has 218 valence electrons. The zero-order valence-corrected chi connectivity index (χ0v) is 23.9. The number of ether oxygens (including phenoxy) is 1. The Morgan fingerprint density at radius 1 is 1.15 bits per heavy atom. The average Bonchev–Trinajstić information content (AvgIpc) is 3.46. The van der Waals surface area contributed by atoms with Crippen LogP contribution in [-0.2, 0) is 31.7 Å². The maximum atomic E-state index is 14.3. The van der Waals surface area contributed by atoms with E-state index in [4.69, 9.17) is 4.74 Å². The van der Waals surface area contributed by atoms with Crippen LogP contribution in [0, 0.1) is 5.92 Å². The van der Waals surface area contributed by atoms with Gasteiger partial charge in [-0.25, -0.2) is 0 Å². The van der Waals surface area contributed by atoms with E-state index in [2.05, 4.69) is 29.4 Å². The van der Waals surface area contributed by atoms with Crippen molar-refractivity contribution in [1.82, 2.24) is 20.1 Å². The van der Waals surface area contributed by atoms with Gasteiger partial charge in [0.1, 0.15) is 17.9 Å². The van der Waals surface area contributed by atoms with Crippen molar-refractivity contribution >= 4 is 11.6 Å². The number of carbonyl (C=O) groups excluding carboxylic acids is 1. The second-order valence-corrected chi connectivity index (χ2v) is 12.3. The zero-order chi connectivity index (χ0) is 29.2. The Bertz CT molecular complexity index is 1490. The van der Waals surface area contributed by atoms with Crippen LogP contribution in [0.2, 0.25) is 0 Å². The summed E-state index contributed by atoms with van der Waals surface area (Å²) < 4.78 is 50.8. The minimum atomic E-state index is -4.58. The van der Waals surface area contributed by atoms with Gasteiger partial charge in [-0.15, -0.1) is 10.2 Å². The maximum absolute atomic E-state index is 14.3. The van der Waals surface area contributed by atoms with Crippen LogP contribution in [0.15, 0.2) is 36.7 Å². The SMILES string of the molecule is CCOc1cc(N2Cc3c(cc(CNC4(C)CCC4)cc3C(F)(F)F)C2=O)cc(C2(c3nncn3C)CC(C)C2)c1. The molecule has 1 aliphatic heterocycles. The molecule has 0 saturated heterocycles. The minimum absolute atomic E-state index is 0.0183. The fraction of sp³-hybridized carbons (Fsp3) is 0.516. The van der Waals surface area contributed by atoms with Crippen LogP contribution in [0.3, 0.4) is 0 Å². The third-order valence-corrected chi connectivity index (χ3v) is 9.18. The van der Waals surface area contributed by atoms with Gasteiger partial charge in [-0.3, -0.25) is 4.79 Å². The van der Waals surface area contributed by atoms with Crippen LogP contribution in [0.1, 0.15) is 91.3 Å². The third-order valence-electron chi connectivity index (χ3n) is 9.18. The summed E-state index contributed by atoms with van der Waals surface area (Å²) in [5.74, 6) is 1.42. The predicted molar refractivity (Wildman–Crippen MR) is 149 cm³/mol. The Labute approximate surface area is 238 Å². The lowest BCUT2D eigenvalue weighted by Crippen LogP contribution is -2.47. The summed E-state index contributed by atoms with van der Waals surface area (Å²) in [5.41, 5.74) is 0.800. The first-order valence-corrected chi connectivity index (χ1v) is 14.4. The Hall–Kier alpha value is -3.40. The van der Waals surface area contributed by atoms with Crippen molar-refractivity contribution in [3.63, 3.8) is 0 Å². The first kappa shape index (κ1) is 27.8. The van der Waals surface area contributed by atoms with Gasteiger partial charge in [0.2, 0.25) is 0 Å². The first-order chi connectivity index (χ1) is 19.4. The van der Waals surface area contributed by atoms with E-state index in [-0.39, 0.29) is 29.8 Å². The molecule has 1 aromatic heterocycles. The lowest BCUT2D eigenvalue weighted by molar-refractivity contribution is -0.138. The second kappa shape index (κ2) is 9.86. The number of benzene rings is 2. The summed E-state index contributed by atoms with van der Waals surface area (Å²) in [7, 11) is 1.91. The molecule has 0 bridgehead atoms. The van der Waals surface area contributed by atoms with E-state index in [0.717, 1.165) is 43.5 Å². The van der Waals surface area contributed by atoms with Gasteiger partial charge in [0.25, 0.3) is 5.91 Å². The van der Waals surface area contributed by atoms with E-state index in [1.54, 1.807) is 18.5 Å². The highest BCUT2D eigenvalue weighted by Crippen LogP contribution is 2.53.